The molecule has 0 bridgehead atoms. The summed E-state index contributed by atoms with van der Waals surface area (Å²) < 4.78 is 34.4. The number of nitrogens with zero attached hydrogens (tertiary/aromatic N) is 2. The van der Waals surface area contributed by atoms with Crippen molar-refractivity contribution in [2.45, 2.75) is 37.5 Å². The average molecular weight is 313 g/mol. The molecule has 0 saturated carbocycles. The summed E-state index contributed by atoms with van der Waals surface area (Å²) in [6.45, 7) is 2.02. The van der Waals surface area contributed by atoms with E-state index in [1.165, 1.54) is 6.07 Å². The summed E-state index contributed by atoms with van der Waals surface area (Å²) in [5.41, 5.74) is 0.808. The number of hydrogen-bond donors (Lipinski definition) is 1. The van der Waals surface area contributed by atoms with Crippen LogP contribution in [0.15, 0.2) is 23.1 Å². The molecular weight excluding hydrogens is 298 g/mol. The molecular formula is C12H15N3O3S2. The molecule has 1 aromatic heterocycles. The Kier molecular flexibility index (Phi) is 4.66. The number of hydrogen-bond acceptors (Lipinski definition) is 6. The Balaban J connectivity index is 2.18. The fraction of sp³-hybridized carbons (Fsp3) is 0.417. The highest BCUT2D eigenvalue weighted by Crippen LogP contribution is 2.20. The van der Waals surface area contributed by atoms with Crippen molar-refractivity contribution in [2.75, 3.05) is 0 Å². The molecule has 1 amide bonds. The Labute approximate surface area is 121 Å². The van der Waals surface area contributed by atoms with Crippen molar-refractivity contribution in [3.8, 4) is 0 Å². The highest BCUT2D eigenvalue weighted by atomic mass is 32.2. The van der Waals surface area contributed by atoms with Crippen LogP contribution in [-0.4, -0.2) is 23.1 Å². The first-order chi connectivity index (χ1) is 9.54. The number of unbranched alkanes of at least 4 members (excludes halogenated alkanes) is 2. The number of amides is 1. The van der Waals surface area contributed by atoms with E-state index in [9.17, 15) is 13.2 Å². The summed E-state index contributed by atoms with van der Waals surface area (Å²) in [4.78, 5) is 11.7. The number of sulfonamides is 1. The monoisotopic (exact) mass is 313 g/mol. The number of aromatic nitrogens is 2. The molecule has 1 N–H and O–H groups in total. The van der Waals surface area contributed by atoms with Crippen LogP contribution in [0.2, 0.25) is 0 Å². The SMILES string of the molecule is CCCCCC(=O)NS(=O)(=O)c1cccc2nsnc12. The summed E-state index contributed by atoms with van der Waals surface area (Å²) in [7, 11) is -3.89. The maximum Gasteiger partial charge on any atom is 0.266 e. The van der Waals surface area contributed by atoms with Gasteiger partial charge in [0.1, 0.15) is 15.9 Å². The average Bonchev–Trinajstić information content (AvgIpc) is 2.86. The normalized spacial score (nSPS) is 11.7. The molecule has 0 radical (unpaired) electrons. The fourth-order valence-corrected chi connectivity index (χ4v) is 3.57. The first-order valence-corrected chi connectivity index (χ1v) is 8.53. The zero-order valence-electron chi connectivity index (χ0n) is 11.0. The molecule has 1 heterocycles. The largest absolute Gasteiger partial charge is 0.274 e. The molecule has 108 valence electrons. The second-order valence-electron chi connectivity index (χ2n) is 4.37. The van der Waals surface area contributed by atoms with Crippen molar-refractivity contribution in [3.63, 3.8) is 0 Å². The van der Waals surface area contributed by atoms with Crippen LogP contribution in [0.25, 0.3) is 11.0 Å². The van der Waals surface area contributed by atoms with Gasteiger partial charge in [0.2, 0.25) is 5.91 Å². The maximum absolute atomic E-state index is 12.2. The van der Waals surface area contributed by atoms with E-state index in [2.05, 4.69) is 13.5 Å². The summed E-state index contributed by atoms with van der Waals surface area (Å²) >= 11 is 0.942. The van der Waals surface area contributed by atoms with E-state index in [4.69, 9.17) is 0 Å². The van der Waals surface area contributed by atoms with Crippen LogP contribution in [0, 0.1) is 0 Å². The molecule has 2 rings (SSSR count). The minimum atomic E-state index is -3.89. The van der Waals surface area contributed by atoms with Gasteiger partial charge in [-0.15, -0.1) is 0 Å². The van der Waals surface area contributed by atoms with Gasteiger partial charge in [-0.3, -0.25) is 4.79 Å². The smallest absolute Gasteiger partial charge is 0.266 e. The minimum absolute atomic E-state index is 0.00686. The highest BCUT2D eigenvalue weighted by molar-refractivity contribution is 7.90. The van der Waals surface area contributed by atoms with Crippen LogP contribution < -0.4 is 4.72 Å². The Hall–Kier alpha value is -1.54. The lowest BCUT2D eigenvalue weighted by Crippen LogP contribution is -2.30. The van der Waals surface area contributed by atoms with Gasteiger partial charge < -0.3 is 0 Å². The second kappa shape index (κ2) is 6.27. The lowest BCUT2D eigenvalue weighted by Gasteiger charge is -2.06. The zero-order valence-corrected chi connectivity index (χ0v) is 12.6. The molecule has 0 unspecified atom stereocenters. The van der Waals surface area contributed by atoms with Crippen molar-refractivity contribution < 1.29 is 13.2 Å². The number of nitrogens with one attached hydrogen (secondary N) is 1. The lowest BCUT2D eigenvalue weighted by molar-refractivity contribution is -0.119. The molecule has 2 aromatic rings. The quantitative estimate of drug-likeness (QED) is 0.825. The van der Waals surface area contributed by atoms with E-state index >= 15 is 0 Å². The van der Waals surface area contributed by atoms with Crippen molar-refractivity contribution >= 4 is 38.7 Å². The first kappa shape index (κ1) is 14.9. The summed E-state index contributed by atoms with van der Waals surface area (Å²) in [5, 5.41) is 0. The standard InChI is InChI=1S/C12H15N3O3S2/c1-2-3-4-8-11(16)15-20(17,18)10-7-5-6-9-12(10)14-19-13-9/h5-7H,2-4,8H2,1H3,(H,15,16). The Bertz CT molecular complexity index is 710. The lowest BCUT2D eigenvalue weighted by atomic mass is 10.2. The predicted molar refractivity (Wildman–Crippen MR) is 76.9 cm³/mol. The second-order valence-corrected chi connectivity index (χ2v) is 6.55. The summed E-state index contributed by atoms with van der Waals surface area (Å²) in [6, 6.07) is 4.69. The van der Waals surface area contributed by atoms with Gasteiger partial charge in [0.25, 0.3) is 10.0 Å². The van der Waals surface area contributed by atoms with E-state index in [1.807, 2.05) is 6.92 Å². The molecule has 0 atom stereocenters. The molecule has 6 nitrogen and oxygen atoms in total. The molecule has 0 aliphatic rings. The Morgan fingerprint density at radius 1 is 1.30 bits per heavy atom. The maximum atomic E-state index is 12.2. The number of rotatable bonds is 6. The van der Waals surface area contributed by atoms with Gasteiger partial charge in [0.15, 0.2) is 0 Å². The van der Waals surface area contributed by atoms with Gasteiger partial charge in [-0.05, 0) is 18.6 Å². The topological polar surface area (TPSA) is 89.0 Å². The third-order valence-electron chi connectivity index (χ3n) is 2.79. The van der Waals surface area contributed by atoms with Crippen LogP contribution in [0.5, 0.6) is 0 Å². The van der Waals surface area contributed by atoms with Gasteiger partial charge in [-0.25, -0.2) is 13.1 Å². The van der Waals surface area contributed by atoms with Crippen LogP contribution >= 0.6 is 11.7 Å². The molecule has 0 aliphatic carbocycles. The summed E-state index contributed by atoms with van der Waals surface area (Å²) in [5.74, 6) is -0.487. The van der Waals surface area contributed by atoms with E-state index in [1.54, 1.807) is 12.1 Å². The number of carbonyl (C=O) groups is 1. The van der Waals surface area contributed by atoms with Crippen molar-refractivity contribution in [1.82, 2.24) is 13.5 Å². The Morgan fingerprint density at radius 2 is 2.10 bits per heavy atom. The van der Waals surface area contributed by atoms with Crippen molar-refractivity contribution in [3.05, 3.63) is 18.2 Å². The molecule has 0 fully saturated rings. The molecule has 0 spiro atoms. The summed E-state index contributed by atoms with van der Waals surface area (Å²) in [6.07, 6.45) is 2.77. The van der Waals surface area contributed by atoms with E-state index in [0.717, 1.165) is 24.6 Å². The molecule has 0 aliphatic heterocycles. The van der Waals surface area contributed by atoms with E-state index < -0.39 is 15.9 Å². The van der Waals surface area contributed by atoms with Crippen LogP contribution in [-0.2, 0) is 14.8 Å². The third kappa shape index (κ3) is 3.31. The van der Waals surface area contributed by atoms with E-state index in [-0.39, 0.29) is 11.3 Å². The zero-order chi connectivity index (χ0) is 14.6. The van der Waals surface area contributed by atoms with E-state index in [0.29, 0.717) is 17.5 Å². The third-order valence-corrected chi connectivity index (χ3v) is 4.74. The number of carbonyl (C=O) groups excluding carboxylic acids is 1. The predicted octanol–water partition coefficient (Wildman–Crippen LogP) is 2.08. The molecule has 20 heavy (non-hydrogen) atoms. The number of benzene rings is 1. The molecule has 0 saturated heterocycles. The fourth-order valence-electron chi connectivity index (χ4n) is 1.79. The van der Waals surface area contributed by atoms with Crippen LogP contribution in [0.3, 0.4) is 0 Å². The van der Waals surface area contributed by atoms with Crippen molar-refractivity contribution in [2.24, 2.45) is 0 Å². The molecule has 1 aromatic carbocycles. The van der Waals surface area contributed by atoms with Gasteiger partial charge in [-0.2, -0.15) is 8.75 Å². The van der Waals surface area contributed by atoms with Gasteiger partial charge in [0, 0.05) is 6.42 Å². The van der Waals surface area contributed by atoms with Gasteiger partial charge >= 0.3 is 0 Å². The van der Waals surface area contributed by atoms with Crippen LogP contribution in [0.1, 0.15) is 32.6 Å². The van der Waals surface area contributed by atoms with Crippen molar-refractivity contribution in [1.29, 1.82) is 0 Å². The number of fused-ring (bicyclic) bond motifs is 1. The highest BCUT2D eigenvalue weighted by Gasteiger charge is 2.21. The Morgan fingerprint density at radius 3 is 2.85 bits per heavy atom. The van der Waals surface area contributed by atoms with Crippen LogP contribution in [0.4, 0.5) is 0 Å². The van der Waals surface area contributed by atoms with Gasteiger partial charge in [-0.1, -0.05) is 25.8 Å². The first-order valence-electron chi connectivity index (χ1n) is 6.31. The minimum Gasteiger partial charge on any atom is -0.274 e. The van der Waals surface area contributed by atoms with Gasteiger partial charge in [0.05, 0.1) is 11.7 Å². The molecule has 8 heteroatoms.